The van der Waals surface area contributed by atoms with Gasteiger partial charge in [0, 0.05) is 18.7 Å². The van der Waals surface area contributed by atoms with E-state index in [0.717, 1.165) is 31.2 Å². The summed E-state index contributed by atoms with van der Waals surface area (Å²) < 4.78 is 33.2. The maximum atomic E-state index is 12.7. The molecule has 2 N–H and O–H groups in total. The van der Waals surface area contributed by atoms with Crippen LogP contribution in [-0.2, 0) is 21.2 Å². The lowest BCUT2D eigenvalue weighted by atomic mass is 10.1. The van der Waals surface area contributed by atoms with Crippen LogP contribution in [0.25, 0.3) is 0 Å². The average molecular weight is 401 g/mol. The Bertz CT molecular complexity index is 968. The minimum Gasteiger partial charge on any atom is -0.377 e. The number of ether oxygens (including phenoxy) is 1. The molecule has 0 saturated carbocycles. The summed E-state index contributed by atoms with van der Waals surface area (Å²) in [5.74, 6) is -0.266. The van der Waals surface area contributed by atoms with E-state index in [1.807, 2.05) is 18.2 Å². The molecule has 2 aliphatic rings. The van der Waals surface area contributed by atoms with Gasteiger partial charge >= 0.3 is 0 Å². The van der Waals surface area contributed by atoms with E-state index in [0.29, 0.717) is 12.2 Å². The molecule has 148 valence electrons. The highest BCUT2D eigenvalue weighted by molar-refractivity contribution is 7.89. The van der Waals surface area contributed by atoms with Gasteiger partial charge in [-0.3, -0.25) is 4.79 Å². The van der Waals surface area contributed by atoms with Crippen LogP contribution < -0.4 is 10.0 Å². The Morgan fingerprint density at radius 1 is 1.11 bits per heavy atom. The van der Waals surface area contributed by atoms with E-state index in [2.05, 4.69) is 16.1 Å². The second-order valence-corrected chi connectivity index (χ2v) is 9.05. The van der Waals surface area contributed by atoms with Crippen LogP contribution >= 0.6 is 0 Å². The average Bonchev–Trinajstić information content (AvgIpc) is 3.37. The number of fused-ring (bicyclic) bond motifs is 1. The maximum Gasteiger partial charge on any atom is 0.251 e. The highest BCUT2D eigenvalue weighted by Gasteiger charge is 2.25. The van der Waals surface area contributed by atoms with E-state index >= 15 is 0 Å². The first-order chi connectivity index (χ1) is 13.5. The zero-order valence-corrected chi connectivity index (χ0v) is 16.4. The van der Waals surface area contributed by atoms with Crippen molar-refractivity contribution in [1.29, 1.82) is 0 Å². The summed E-state index contributed by atoms with van der Waals surface area (Å²) >= 11 is 0. The van der Waals surface area contributed by atoms with Gasteiger partial charge in [0.1, 0.15) is 0 Å². The molecule has 0 bridgehead atoms. The molecule has 1 aliphatic heterocycles. The van der Waals surface area contributed by atoms with Crippen LogP contribution in [0.15, 0.2) is 53.4 Å². The van der Waals surface area contributed by atoms with Gasteiger partial charge in [-0.2, -0.15) is 0 Å². The number of nitrogens with one attached hydrogen (secondary N) is 2. The molecular formula is C21H24N2O4S. The third-order valence-corrected chi connectivity index (χ3v) is 6.79. The molecule has 2 aromatic rings. The van der Waals surface area contributed by atoms with Gasteiger partial charge in [-0.15, -0.1) is 0 Å². The van der Waals surface area contributed by atoms with Crippen molar-refractivity contribution in [3.05, 3.63) is 65.2 Å². The minimum atomic E-state index is -3.69. The number of sulfonamides is 1. The Balaban J connectivity index is 1.45. The van der Waals surface area contributed by atoms with Crippen LogP contribution in [0.1, 0.15) is 46.8 Å². The third-order valence-electron chi connectivity index (χ3n) is 5.37. The molecule has 0 spiro atoms. The minimum absolute atomic E-state index is 0.0402. The summed E-state index contributed by atoms with van der Waals surface area (Å²) in [6.07, 6.45) is 3.51. The molecule has 1 saturated heterocycles. The number of amides is 1. The van der Waals surface area contributed by atoms with E-state index in [1.54, 1.807) is 12.1 Å². The lowest BCUT2D eigenvalue weighted by Crippen LogP contribution is -2.32. The standard InChI is InChI=1S/C21H24N2O4S/c24-21(23-20-11-10-15-5-1-2-9-19(15)20)16-6-3-8-18(13-16)28(25,26)22-14-17-7-4-12-27-17/h1-3,5-6,8-9,13,17,20,22H,4,7,10-12,14H2,(H,23,24)/t17-,20-/m0/s1. The topological polar surface area (TPSA) is 84.5 Å². The molecule has 7 heteroatoms. The fourth-order valence-corrected chi connectivity index (χ4v) is 4.96. The monoisotopic (exact) mass is 400 g/mol. The number of hydrogen-bond donors (Lipinski definition) is 2. The lowest BCUT2D eigenvalue weighted by molar-refractivity contribution is 0.0936. The number of aryl methyl sites for hydroxylation is 1. The Hall–Kier alpha value is -2.22. The van der Waals surface area contributed by atoms with Gasteiger partial charge in [-0.05, 0) is 55.0 Å². The first-order valence-electron chi connectivity index (χ1n) is 9.63. The van der Waals surface area contributed by atoms with E-state index < -0.39 is 10.0 Å². The molecule has 28 heavy (non-hydrogen) atoms. The van der Waals surface area contributed by atoms with Crippen molar-refractivity contribution in [3.8, 4) is 0 Å². The highest BCUT2D eigenvalue weighted by Crippen LogP contribution is 2.31. The van der Waals surface area contributed by atoms with E-state index in [-0.39, 0.29) is 29.5 Å². The molecule has 1 aliphatic carbocycles. The summed E-state index contributed by atoms with van der Waals surface area (Å²) in [5, 5.41) is 3.03. The first kappa shape index (κ1) is 19.1. The third kappa shape index (κ3) is 4.11. The molecule has 1 fully saturated rings. The largest absolute Gasteiger partial charge is 0.377 e. The summed E-state index contributed by atoms with van der Waals surface area (Å²) in [4.78, 5) is 12.8. The molecule has 1 heterocycles. The predicted molar refractivity (Wildman–Crippen MR) is 106 cm³/mol. The molecule has 2 atom stereocenters. The molecule has 1 amide bonds. The molecular weight excluding hydrogens is 376 g/mol. The van der Waals surface area contributed by atoms with Crippen LogP contribution in [0.3, 0.4) is 0 Å². The van der Waals surface area contributed by atoms with Crippen molar-refractivity contribution >= 4 is 15.9 Å². The number of carbonyl (C=O) groups is 1. The van der Waals surface area contributed by atoms with Gasteiger partial charge in [-0.1, -0.05) is 30.3 Å². The van der Waals surface area contributed by atoms with Crippen LogP contribution in [0.5, 0.6) is 0 Å². The quantitative estimate of drug-likeness (QED) is 0.781. The van der Waals surface area contributed by atoms with Crippen molar-refractivity contribution in [3.63, 3.8) is 0 Å². The van der Waals surface area contributed by atoms with Gasteiger partial charge in [-0.25, -0.2) is 13.1 Å². The van der Waals surface area contributed by atoms with Crippen LogP contribution in [0.2, 0.25) is 0 Å². The molecule has 4 rings (SSSR count). The van der Waals surface area contributed by atoms with Gasteiger partial charge < -0.3 is 10.1 Å². The number of benzene rings is 2. The van der Waals surface area contributed by atoms with E-state index in [9.17, 15) is 13.2 Å². The van der Waals surface area contributed by atoms with Gasteiger partial charge in [0.2, 0.25) is 10.0 Å². The Labute approximate surface area is 165 Å². The summed E-state index contributed by atoms with van der Waals surface area (Å²) in [6.45, 7) is 0.921. The molecule has 0 radical (unpaired) electrons. The second kappa shape index (κ2) is 8.03. The smallest absolute Gasteiger partial charge is 0.251 e. The van der Waals surface area contributed by atoms with Crippen LogP contribution in [0.4, 0.5) is 0 Å². The molecule has 6 nitrogen and oxygen atoms in total. The normalized spacial score (nSPS) is 21.4. The van der Waals surface area contributed by atoms with Crippen molar-refractivity contribution in [2.75, 3.05) is 13.2 Å². The zero-order valence-electron chi connectivity index (χ0n) is 15.6. The fraction of sp³-hybridized carbons (Fsp3) is 0.381. The number of hydrogen-bond acceptors (Lipinski definition) is 4. The van der Waals surface area contributed by atoms with Crippen molar-refractivity contribution in [2.45, 2.75) is 42.7 Å². The van der Waals surface area contributed by atoms with Crippen molar-refractivity contribution in [2.24, 2.45) is 0 Å². The highest BCUT2D eigenvalue weighted by atomic mass is 32.2. The number of rotatable bonds is 6. The van der Waals surface area contributed by atoms with E-state index in [1.165, 1.54) is 17.7 Å². The lowest BCUT2D eigenvalue weighted by Gasteiger charge is -2.15. The van der Waals surface area contributed by atoms with Crippen LogP contribution in [-0.4, -0.2) is 33.6 Å². The van der Waals surface area contributed by atoms with Gasteiger partial charge in [0.25, 0.3) is 5.91 Å². The van der Waals surface area contributed by atoms with Gasteiger partial charge in [0.05, 0.1) is 17.0 Å². The van der Waals surface area contributed by atoms with Crippen molar-refractivity contribution < 1.29 is 17.9 Å². The summed E-state index contributed by atoms with van der Waals surface area (Å²) in [5.41, 5.74) is 2.73. The molecule has 0 unspecified atom stereocenters. The van der Waals surface area contributed by atoms with E-state index in [4.69, 9.17) is 4.74 Å². The Kier molecular flexibility index (Phi) is 5.48. The predicted octanol–water partition coefficient (Wildman–Crippen LogP) is 2.56. The first-order valence-corrected chi connectivity index (χ1v) is 11.1. The Morgan fingerprint density at radius 2 is 1.96 bits per heavy atom. The summed E-state index contributed by atoms with van der Waals surface area (Å²) in [7, 11) is -3.69. The van der Waals surface area contributed by atoms with Crippen LogP contribution in [0, 0.1) is 0 Å². The second-order valence-electron chi connectivity index (χ2n) is 7.28. The Morgan fingerprint density at radius 3 is 2.79 bits per heavy atom. The fourth-order valence-electron chi connectivity index (χ4n) is 3.84. The van der Waals surface area contributed by atoms with Crippen molar-refractivity contribution in [1.82, 2.24) is 10.0 Å². The molecule has 0 aromatic heterocycles. The summed E-state index contributed by atoms with van der Waals surface area (Å²) in [6, 6.07) is 14.2. The molecule has 2 aromatic carbocycles. The number of carbonyl (C=O) groups excluding carboxylic acids is 1. The van der Waals surface area contributed by atoms with Gasteiger partial charge in [0.15, 0.2) is 0 Å². The maximum absolute atomic E-state index is 12.7. The zero-order chi connectivity index (χ0) is 19.6. The SMILES string of the molecule is O=C(N[C@H]1CCc2ccccc21)c1cccc(S(=O)(=O)NC[C@@H]2CCCO2)c1.